The van der Waals surface area contributed by atoms with Crippen molar-refractivity contribution in [3.05, 3.63) is 59.5 Å². The van der Waals surface area contributed by atoms with E-state index in [1.807, 2.05) is 44.3 Å². The molecule has 35 heavy (non-hydrogen) atoms. The van der Waals surface area contributed by atoms with E-state index >= 15 is 0 Å². The lowest BCUT2D eigenvalue weighted by atomic mass is 9.87. The largest absolute Gasteiger partial charge is 0.497 e. The lowest BCUT2D eigenvalue weighted by Gasteiger charge is -2.56. The van der Waals surface area contributed by atoms with Gasteiger partial charge in [0.15, 0.2) is 16.8 Å². The Bertz CT molecular complexity index is 1320. The Morgan fingerprint density at radius 3 is 2.60 bits per heavy atom. The van der Waals surface area contributed by atoms with Crippen LogP contribution in [0.2, 0.25) is 0 Å². The van der Waals surface area contributed by atoms with Crippen molar-refractivity contribution in [3.63, 3.8) is 0 Å². The standard InChI is InChI=1S/C25H28N8OS/c1-15-8-22(28-23-9-16(2)30-31-23)29-24(27-15)21-11-26-25(35-21)32-13-18-10-19(14-32)33(18)12-17-4-6-20(34-3)7-5-17/h4-9,11,18-19H,10,12-14H2,1-3H3,(H2,27,28,29,30,31). The number of piperazine rings is 1. The van der Waals surface area contributed by atoms with Gasteiger partial charge in [-0.05, 0) is 38.0 Å². The Morgan fingerprint density at radius 2 is 1.89 bits per heavy atom. The molecule has 3 aromatic heterocycles. The first-order valence-corrected chi connectivity index (χ1v) is 12.6. The minimum absolute atomic E-state index is 0.562. The number of aryl methyl sites for hydroxylation is 2. The van der Waals surface area contributed by atoms with E-state index in [4.69, 9.17) is 14.7 Å². The number of rotatable bonds is 7. The summed E-state index contributed by atoms with van der Waals surface area (Å²) in [7, 11) is 1.70. The van der Waals surface area contributed by atoms with Crippen LogP contribution in [0, 0.1) is 13.8 Å². The van der Waals surface area contributed by atoms with Crippen LogP contribution in [-0.4, -0.2) is 62.3 Å². The van der Waals surface area contributed by atoms with Crippen LogP contribution in [0.25, 0.3) is 10.7 Å². The van der Waals surface area contributed by atoms with Crippen molar-refractivity contribution in [1.29, 1.82) is 0 Å². The molecule has 3 fully saturated rings. The highest BCUT2D eigenvalue weighted by molar-refractivity contribution is 7.18. The van der Waals surface area contributed by atoms with Crippen LogP contribution < -0.4 is 15.0 Å². The lowest BCUT2D eigenvalue weighted by Crippen LogP contribution is -2.68. The summed E-state index contributed by atoms with van der Waals surface area (Å²) in [6.45, 7) is 6.93. The van der Waals surface area contributed by atoms with Crippen molar-refractivity contribution < 1.29 is 4.74 Å². The second-order valence-electron chi connectivity index (χ2n) is 9.26. The maximum absolute atomic E-state index is 5.28. The molecule has 180 valence electrons. The van der Waals surface area contributed by atoms with Gasteiger partial charge in [-0.25, -0.2) is 15.0 Å². The van der Waals surface area contributed by atoms with Gasteiger partial charge in [0.25, 0.3) is 0 Å². The fraction of sp³-hybridized carbons (Fsp3) is 0.360. The molecule has 3 aliphatic heterocycles. The monoisotopic (exact) mass is 488 g/mol. The van der Waals surface area contributed by atoms with Gasteiger partial charge in [0, 0.05) is 55.2 Å². The number of fused-ring (bicyclic) bond motifs is 2. The van der Waals surface area contributed by atoms with Gasteiger partial charge in [-0.2, -0.15) is 5.10 Å². The predicted octanol–water partition coefficient (Wildman–Crippen LogP) is 4.16. The smallest absolute Gasteiger partial charge is 0.186 e. The number of nitrogens with one attached hydrogen (secondary N) is 2. The molecule has 3 aliphatic rings. The van der Waals surface area contributed by atoms with E-state index in [2.05, 4.69) is 42.4 Å². The second kappa shape index (κ2) is 8.94. The van der Waals surface area contributed by atoms with E-state index in [9.17, 15) is 0 Å². The second-order valence-corrected chi connectivity index (χ2v) is 10.3. The Kier molecular flexibility index (Phi) is 5.62. The van der Waals surface area contributed by atoms with Crippen molar-refractivity contribution in [2.45, 2.75) is 38.9 Å². The zero-order chi connectivity index (χ0) is 23.9. The molecule has 10 heteroatoms. The molecule has 0 spiro atoms. The van der Waals surface area contributed by atoms with E-state index in [0.717, 1.165) is 58.4 Å². The topological polar surface area (TPSA) is 95.1 Å². The Labute approximate surface area is 208 Å². The summed E-state index contributed by atoms with van der Waals surface area (Å²) in [5.74, 6) is 3.05. The van der Waals surface area contributed by atoms with Gasteiger partial charge >= 0.3 is 0 Å². The molecular weight excluding hydrogens is 460 g/mol. The Balaban J connectivity index is 1.13. The molecule has 0 radical (unpaired) electrons. The predicted molar refractivity (Wildman–Crippen MR) is 137 cm³/mol. The van der Waals surface area contributed by atoms with Gasteiger partial charge in [0.2, 0.25) is 0 Å². The van der Waals surface area contributed by atoms with Crippen molar-refractivity contribution in [1.82, 2.24) is 30.0 Å². The first kappa shape index (κ1) is 22.0. The summed E-state index contributed by atoms with van der Waals surface area (Å²) >= 11 is 1.66. The first-order valence-electron chi connectivity index (χ1n) is 11.8. The molecule has 0 amide bonds. The van der Waals surface area contributed by atoms with Crippen LogP contribution >= 0.6 is 11.3 Å². The van der Waals surface area contributed by atoms with Crippen molar-refractivity contribution >= 4 is 28.1 Å². The van der Waals surface area contributed by atoms with Gasteiger partial charge in [0.05, 0.1) is 18.2 Å². The molecule has 2 atom stereocenters. The van der Waals surface area contributed by atoms with Gasteiger partial charge in [0.1, 0.15) is 11.6 Å². The molecule has 0 aliphatic carbocycles. The van der Waals surface area contributed by atoms with Crippen LogP contribution in [0.5, 0.6) is 5.75 Å². The van der Waals surface area contributed by atoms with E-state index < -0.39 is 0 Å². The van der Waals surface area contributed by atoms with Gasteiger partial charge in [-0.3, -0.25) is 10.00 Å². The number of hydrogen-bond donors (Lipinski definition) is 2. The normalized spacial score (nSPS) is 19.5. The Hall–Kier alpha value is -3.50. The third-order valence-electron chi connectivity index (χ3n) is 6.67. The lowest BCUT2D eigenvalue weighted by molar-refractivity contribution is -0.00844. The minimum atomic E-state index is 0.562. The summed E-state index contributed by atoms with van der Waals surface area (Å²) in [6.07, 6.45) is 3.15. The summed E-state index contributed by atoms with van der Waals surface area (Å²) < 4.78 is 5.28. The quantitative estimate of drug-likeness (QED) is 0.401. The highest BCUT2D eigenvalue weighted by atomic mass is 32.1. The molecule has 6 heterocycles. The number of piperidine rings is 1. The maximum Gasteiger partial charge on any atom is 0.186 e. The van der Waals surface area contributed by atoms with E-state index in [1.165, 1.54) is 12.0 Å². The molecule has 4 aromatic rings. The number of nitrogens with zero attached hydrogens (tertiary/aromatic N) is 6. The van der Waals surface area contributed by atoms with Gasteiger partial charge in [-0.15, -0.1) is 0 Å². The molecule has 9 nitrogen and oxygen atoms in total. The first-order chi connectivity index (χ1) is 17.0. The fourth-order valence-corrected chi connectivity index (χ4v) is 5.78. The van der Waals surface area contributed by atoms with Crippen LogP contribution in [0.15, 0.2) is 42.6 Å². The highest BCUT2D eigenvalue weighted by Gasteiger charge is 2.45. The zero-order valence-electron chi connectivity index (χ0n) is 20.0. The van der Waals surface area contributed by atoms with E-state index in [0.29, 0.717) is 17.9 Å². The minimum Gasteiger partial charge on any atom is -0.497 e. The van der Waals surface area contributed by atoms with Crippen LogP contribution in [-0.2, 0) is 6.54 Å². The number of aromatic amines is 1. The SMILES string of the molecule is COc1ccc(CN2C3CC2CN(c2ncc(-c4nc(C)cc(Nc5cc(C)[nH]n5)n4)s2)C3)cc1. The van der Waals surface area contributed by atoms with Crippen LogP contribution in [0.4, 0.5) is 16.8 Å². The average molecular weight is 489 g/mol. The van der Waals surface area contributed by atoms with Crippen molar-refractivity contribution in [2.75, 3.05) is 30.4 Å². The number of thiazole rings is 1. The van der Waals surface area contributed by atoms with Crippen LogP contribution in [0.1, 0.15) is 23.4 Å². The molecule has 3 saturated heterocycles. The highest BCUT2D eigenvalue weighted by Crippen LogP contribution is 2.38. The number of hydrogen-bond acceptors (Lipinski definition) is 9. The molecule has 2 unspecified atom stereocenters. The zero-order valence-corrected chi connectivity index (χ0v) is 20.8. The Morgan fingerprint density at radius 1 is 1.09 bits per heavy atom. The van der Waals surface area contributed by atoms with E-state index in [-0.39, 0.29) is 0 Å². The number of aromatic nitrogens is 5. The number of anilines is 3. The number of methoxy groups -OCH3 is 1. The average Bonchev–Trinajstić information content (AvgIpc) is 3.52. The number of H-pyrrole nitrogens is 1. The molecule has 0 saturated carbocycles. The fourth-order valence-electron chi connectivity index (χ4n) is 4.91. The van der Waals surface area contributed by atoms with Gasteiger partial charge in [-0.1, -0.05) is 23.5 Å². The summed E-state index contributed by atoms with van der Waals surface area (Å²) in [4.78, 5) is 20.1. The van der Waals surface area contributed by atoms with Gasteiger partial charge < -0.3 is 15.0 Å². The van der Waals surface area contributed by atoms with Crippen molar-refractivity contribution in [3.8, 4) is 16.5 Å². The van der Waals surface area contributed by atoms with E-state index in [1.54, 1.807) is 18.4 Å². The number of ether oxygens (including phenoxy) is 1. The third kappa shape index (κ3) is 4.46. The summed E-state index contributed by atoms with van der Waals surface area (Å²) in [6, 6.07) is 13.4. The molecule has 2 bridgehead atoms. The molecule has 1 aromatic carbocycles. The van der Waals surface area contributed by atoms with Crippen molar-refractivity contribution in [2.24, 2.45) is 0 Å². The number of benzene rings is 1. The summed E-state index contributed by atoms with van der Waals surface area (Å²) in [5, 5.41) is 11.5. The molecule has 2 N–H and O–H groups in total. The molecule has 7 rings (SSSR count). The van der Waals surface area contributed by atoms with Crippen LogP contribution in [0.3, 0.4) is 0 Å². The summed E-state index contributed by atoms with van der Waals surface area (Å²) in [5.41, 5.74) is 3.22. The molecular formula is C25H28N8OS. The third-order valence-corrected chi connectivity index (χ3v) is 7.72. The maximum atomic E-state index is 5.28.